The fourth-order valence-electron chi connectivity index (χ4n) is 3.25. The average Bonchev–Trinajstić information content (AvgIpc) is 3.35. The Bertz CT molecular complexity index is 831. The maximum Gasteiger partial charge on any atom is 0.223 e. The molecule has 8 nitrogen and oxygen atoms in total. The Morgan fingerprint density at radius 1 is 1.40 bits per heavy atom. The Kier molecular flexibility index (Phi) is 4.29. The zero-order valence-electron chi connectivity index (χ0n) is 14.2. The van der Waals surface area contributed by atoms with E-state index in [-0.39, 0.29) is 12.1 Å². The summed E-state index contributed by atoms with van der Waals surface area (Å²) in [4.78, 5) is 18.8. The lowest BCUT2D eigenvalue weighted by Crippen LogP contribution is -2.26. The van der Waals surface area contributed by atoms with Gasteiger partial charge in [-0.15, -0.1) is 0 Å². The zero-order valence-corrected chi connectivity index (χ0v) is 14.2. The zero-order chi connectivity index (χ0) is 17.2. The van der Waals surface area contributed by atoms with E-state index in [1.54, 1.807) is 20.2 Å². The number of hydrogen-bond donors (Lipinski definition) is 1. The molecule has 0 radical (unpaired) electrons. The third kappa shape index (κ3) is 3.31. The molecule has 0 bridgehead atoms. The second-order valence-electron chi connectivity index (χ2n) is 6.19. The molecule has 25 heavy (non-hydrogen) atoms. The van der Waals surface area contributed by atoms with E-state index in [1.165, 1.54) is 0 Å². The van der Waals surface area contributed by atoms with Crippen molar-refractivity contribution in [2.24, 2.45) is 0 Å². The molecular weight excluding hydrogens is 320 g/mol. The van der Waals surface area contributed by atoms with Gasteiger partial charge in [-0.2, -0.15) is 4.98 Å². The number of pyridine rings is 1. The summed E-state index contributed by atoms with van der Waals surface area (Å²) in [6.45, 7) is 3.20. The van der Waals surface area contributed by atoms with Crippen LogP contribution in [0.5, 0.6) is 0 Å². The van der Waals surface area contributed by atoms with Crippen LogP contribution in [0, 0.1) is 6.92 Å². The van der Waals surface area contributed by atoms with Gasteiger partial charge in [0.05, 0.1) is 30.6 Å². The summed E-state index contributed by atoms with van der Waals surface area (Å²) in [5, 5.41) is 4.00. The molecule has 4 heterocycles. The van der Waals surface area contributed by atoms with Gasteiger partial charge in [0.2, 0.25) is 5.89 Å². The molecule has 1 saturated heterocycles. The molecule has 130 valence electrons. The van der Waals surface area contributed by atoms with Gasteiger partial charge in [-0.05, 0) is 18.6 Å². The van der Waals surface area contributed by atoms with Gasteiger partial charge in [-0.25, -0.2) is 4.98 Å². The van der Waals surface area contributed by atoms with Crippen LogP contribution in [0.2, 0.25) is 0 Å². The van der Waals surface area contributed by atoms with Crippen molar-refractivity contribution in [3.05, 3.63) is 48.3 Å². The Hall–Kier alpha value is -2.58. The van der Waals surface area contributed by atoms with Crippen molar-refractivity contribution >= 4 is 0 Å². The summed E-state index contributed by atoms with van der Waals surface area (Å²) < 4.78 is 10.7. The smallest absolute Gasteiger partial charge is 0.223 e. The summed E-state index contributed by atoms with van der Waals surface area (Å²) >= 11 is 0. The lowest BCUT2D eigenvalue weighted by atomic mass is 10.2. The van der Waals surface area contributed by atoms with Crippen LogP contribution in [0.1, 0.15) is 30.0 Å². The third-order valence-corrected chi connectivity index (χ3v) is 4.50. The van der Waals surface area contributed by atoms with Crippen molar-refractivity contribution < 1.29 is 9.26 Å². The molecular formula is C17H20N6O2. The Labute approximate surface area is 145 Å². The molecule has 0 unspecified atom stereocenters. The molecule has 1 N–H and O–H groups in total. The molecule has 0 spiro atoms. The van der Waals surface area contributed by atoms with E-state index in [0.717, 1.165) is 30.0 Å². The highest BCUT2D eigenvalue weighted by molar-refractivity contribution is 5.56. The number of rotatable bonds is 5. The summed E-state index contributed by atoms with van der Waals surface area (Å²) in [6, 6.07) is 4.04. The maximum absolute atomic E-state index is 5.57. The van der Waals surface area contributed by atoms with Crippen molar-refractivity contribution in [2.45, 2.75) is 32.0 Å². The van der Waals surface area contributed by atoms with E-state index in [2.05, 4.69) is 30.0 Å². The van der Waals surface area contributed by atoms with Crippen molar-refractivity contribution in [1.29, 1.82) is 0 Å². The van der Waals surface area contributed by atoms with Crippen molar-refractivity contribution in [1.82, 2.24) is 30.0 Å². The maximum atomic E-state index is 5.57. The first-order valence-electron chi connectivity index (χ1n) is 8.24. The Balaban J connectivity index is 1.57. The molecule has 3 aromatic heterocycles. The lowest BCUT2D eigenvalue weighted by Gasteiger charge is -2.20. The molecule has 0 aromatic carbocycles. The number of H-pyrrole nitrogens is 1. The molecule has 3 aromatic rings. The lowest BCUT2D eigenvalue weighted by molar-refractivity contribution is 0.106. The largest absolute Gasteiger partial charge is 0.380 e. The van der Waals surface area contributed by atoms with Gasteiger partial charge >= 0.3 is 0 Å². The number of likely N-dealkylation sites (tertiary alicyclic amines) is 1. The van der Waals surface area contributed by atoms with Crippen LogP contribution in [-0.2, 0) is 11.3 Å². The van der Waals surface area contributed by atoms with Crippen LogP contribution in [0.3, 0.4) is 0 Å². The molecule has 0 amide bonds. The van der Waals surface area contributed by atoms with E-state index in [9.17, 15) is 0 Å². The molecule has 0 saturated carbocycles. The monoisotopic (exact) mass is 340 g/mol. The second-order valence-corrected chi connectivity index (χ2v) is 6.19. The molecule has 1 aliphatic rings. The predicted molar refractivity (Wildman–Crippen MR) is 89.4 cm³/mol. The Morgan fingerprint density at radius 2 is 2.32 bits per heavy atom. The number of nitrogens with one attached hydrogen (secondary N) is 1. The number of aromatic nitrogens is 5. The van der Waals surface area contributed by atoms with E-state index in [0.29, 0.717) is 18.3 Å². The number of aryl methyl sites for hydroxylation is 1. The van der Waals surface area contributed by atoms with Gasteiger partial charge in [0.25, 0.3) is 0 Å². The van der Waals surface area contributed by atoms with E-state index in [4.69, 9.17) is 9.26 Å². The van der Waals surface area contributed by atoms with Crippen molar-refractivity contribution in [3.63, 3.8) is 0 Å². The van der Waals surface area contributed by atoms with Crippen LogP contribution in [0.25, 0.3) is 11.3 Å². The summed E-state index contributed by atoms with van der Waals surface area (Å²) in [7, 11) is 1.74. The van der Waals surface area contributed by atoms with E-state index < -0.39 is 0 Å². The highest BCUT2D eigenvalue weighted by atomic mass is 16.5. The molecule has 0 aliphatic carbocycles. The minimum Gasteiger partial charge on any atom is -0.380 e. The second kappa shape index (κ2) is 6.73. The van der Waals surface area contributed by atoms with Crippen molar-refractivity contribution in [2.75, 3.05) is 13.7 Å². The standard InChI is InChI=1S/C17H20N6O2/c1-11-20-16(22-25-11)10-23-9-13(24-2)6-15(23)17-19-8-14(21-17)12-4-3-5-18-7-12/h3-5,7-8,13,15H,6,9-10H2,1-2H3,(H,19,21)/t13-,15+/m1/s1. The topological polar surface area (TPSA) is 93.0 Å². The molecule has 8 heteroatoms. The van der Waals surface area contributed by atoms with Gasteiger partial charge in [-0.1, -0.05) is 5.16 Å². The number of nitrogens with zero attached hydrogens (tertiary/aromatic N) is 5. The van der Waals surface area contributed by atoms with Gasteiger partial charge in [0.1, 0.15) is 5.82 Å². The first kappa shape index (κ1) is 15.9. The SMILES string of the molecule is CO[C@@H]1C[C@@H](c2ncc(-c3cccnc3)[nH]2)N(Cc2noc(C)n2)C1. The Morgan fingerprint density at radius 3 is 3.04 bits per heavy atom. The van der Waals surface area contributed by atoms with Gasteiger partial charge < -0.3 is 14.2 Å². The minimum absolute atomic E-state index is 0.120. The average molecular weight is 340 g/mol. The highest BCUT2D eigenvalue weighted by Gasteiger charge is 2.35. The molecule has 1 aliphatic heterocycles. The van der Waals surface area contributed by atoms with Crippen LogP contribution in [0.15, 0.2) is 35.2 Å². The van der Waals surface area contributed by atoms with Gasteiger partial charge in [0.15, 0.2) is 5.82 Å². The summed E-state index contributed by atoms with van der Waals surface area (Å²) in [5.74, 6) is 2.17. The van der Waals surface area contributed by atoms with Crippen molar-refractivity contribution in [3.8, 4) is 11.3 Å². The van der Waals surface area contributed by atoms with Gasteiger partial charge in [0, 0.05) is 38.5 Å². The highest BCUT2D eigenvalue weighted by Crippen LogP contribution is 2.33. The number of ether oxygens (including phenoxy) is 1. The van der Waals surface area contributed by atoms with Gasteiger partial charge in [-0.3, -0.25) is 9.88 Å². The normalized spacial score (nSPS) is 21.0. The van der Waals surface area contributed by atoms with Crippen LogP contribution < -0.4 is 0 Å². The fourth-order valence-corrected chi connectivity index (χ4v) is 3.25. The minimum atomic E-state index is 0.120. The number of imidazole rings is 1. The number of aromatic amines is 1. The summed E-state index contributed by atoms with van der Waals surface area (Å²) in [6.07, 6.45) is 6.46. The molecule has 2 atom stereocenters. The summed E-state index contributed by atoms with van der Waals surface area (Å²) in [5.41, 5.74) is 1.97. The third-order valence-electron chi connectivity index (χ3n) is 4.50. The number of methoxy groups -OCH3 is 1. The van der Waals surface area contributed by atoms with E-state index >= 15 is 0 Å². The van der Waals surface area contributed by atoms with Crippen LogP contribution in [-0.4, -0.2) is 49.8 Å². The van der Waals surface area contributed by atoms with Crippen LogP contribution >= 0.6 is 0 Å². The quantitative estimate of drug-likeness (QED) is 0.760. The first-order valence-corrected chi connectivity index (χ1v) is 8.24. The molecule has 1 fully saturated rings. The first-order chi connectivity index (χ1) is 12.2. The van der Waals surface area contributed by atoms with Crippen LogP contribution in [0.4, 0.5) is 0 Å². The number of hydrogen-bond acceptors (Lipinski definition) is 7. The van der Waals surface area contributed by atoms with E-state index in [1.807, 2.05) is 24.5 Å². The predicted octanol–water partition coefficient (Wildman–Crippen LogP) is 2.13. The fraction of sp³-hybridized carbons (Fsp3) is 0.412. The molecule has 4 rings (SSSR count).